The van der Waals surface area contributed by atoms with E-state index in [0.29, 0.717) is 24.2 Å². The van der Waals surface area contributed by atoms with Gasteiger partial charge in [-0.1, -0.05) is 0 Å². The van der Waals surface area contributed by atoms with E-state index in [1.807, 2.05) is 0 Å². The van der Waals surface area contributed by atoms with Crippen LogP contribution in [0.1, 0.15) is 12.8 Å². The van der Waals surface area contributed by atoms with Crippen LogP contribution in [0.4, 0.5) is 17.8 Å². The molecule has 1 atom stereocenters. The lowest BCUT2D eigenvalue weighted by molar-refractivity contribution is 0.687. The molecule has 0 saturated carbocycles. The number of anilines is 3. The summed E-state index contributed by atoms with van der Waals surface area (Å²) >= 11 is 0. The number of nitrogens with one attached hydrogen (secondary N) is 1. The lowest BCUT2D eigenvalue weighted by Crippen LogP contribution is -2.22. The molecule has 3 N–H and O–H groups in total. The molecule has 2 rings (SSSR count). The van der Waals surface area contributed by atoms with Gasteiger partial charge < -0.3 is 16.0 Å². The van der Waals surface area contributed by atoms with Crippen LogP contribution in [0.5, 0.6) is 0 Å². The third-order valence-corrected chi connectivity index (χ3v) is 3.48. The predicted molar refractivity (Wildman–Crippen MR) is 73.1 cm³/mol. The Morgan fingerprint density at radius 2 is 2.06 bits per heavy atom. The minimum atomic E-state index is -0.827. The Morgan fingerprint density at radius 3 is 2.72 bits per heavy atom. The molecule has 0 spiro atoms. The lowest BCUT2D eigenvalue weighted by Gasteiger charge is -2.15. The fraction of sp³-hybridized carbons (Fsp3) is 0.700. The maximum atomic E-state index is 11.0. The zero-order chi connectivity index (χ0) is 13.0. The minimum absolute atomic E-state index is 0.215. The van der Waals surface area contributed by atoms with Gasteiger partial charge in [0.25, 0.3) is 0 Å². The zero-order valence-corrected chi connectivity index (χ0v) is 11.2. The lowest BCUT2D eigenvalue weighted by atomic mass is 10.4. The number of aromatic nitrogens is 3. The first-order valence-electron chi connectivity index (χ1n) is 5.95. The first kappa shape index (κ1) is 13.0. The van der Waals surface area contributed by atoms with E-state index in [1.54, 1.807) is 6.26 Å². The summed E-state index contributed by atoms with van der Waals surface area (Å²) in [5.41, 5.74) is 5.67. The van der Waals surface area contributed by atoms with Crippen LogP contribution in [0.25, 0.3) is 0 Å². The molecule has 1 aliphatic heterocycles. The van der Waals surface area contributed by atoms with E-state index in [0.717, 1.165) is 25.9 Å². The molecule has 1 saturated heterocycles. The molecule has 0 amide bonds. The van der Waals surface area contributed by atoms with E-state index in [9.17, 15) is 4.21 Å². The van der Waals surface area contributed by atoms with Crippen molar-refractivity contribution in [2.75, 3.05) is 47.6 Å². The molecule has 0 aliphatic carbocycles. The van der Waals surface area contributed by atoms with E-state index in [2.05, 4.69) is 25.2 Å². The van der Waals surface area contributed by atoms with E-state index >= 15 is 0 Å². The van der Waals surface area contributed by atoms with Gasteiger partial charge in [0.2, 0.25) is 17.8 Å². The van der Waals surface area contributed by atoms with Crippen LogP contribution in [0.3, 0.4) is 0 Å². The van der Waals surface area contributed by atoms with Gasteiger partial charge in [-0.25, -0.2) is 0 Å². The number of nitrogen functional groups attached to an aromatic ring is 1. The van der Waals surface area contributed by atoms with Gasteiger partial charge in [0.15, 0.2) is 0 Å². The average molecular weight is 270 g/mol. The largest absolute Gasteiger partial charge is 0.368 e. The Labute approximate surface area is 109 Å². The summed E-state index contributed by atoms with van der Waals surface area (Å²) in [7, 11) is -0.827. The zero-order valence-electron chi connectivity index (χ0n) is 10.4. The monoisotopic (exact) mass is 270 g/mol. The molecule has 1 aliphatic rings. The Morgan fingerprint density at radius 1 is 1.33 bits per heavy atom. The summed E-state index contributed by atoms with van der Waals surface area (Å²) in [6, 6.07) is 0. The van der Waals surface area contributed by atoms with Crippen molar-refractivity contribution < 1.29 is 4.21 Å². The van der Waals surface area contributed by atoms with Crippen molar-refractivity contribution in [3.63, 3.8) is 0 Å². The van der Waals surface area contributed by atoms with E-state index in [4.69, 9.17) is 5.73 Å². The molecular formula is C10H18N6OS. The van der Waals surface area contributed by atoms with Crippen molar-refractivity contribution in [1.82, 2.24) is 15.0 Å². The highest BCUT2D eigenvalue weighted by Crippen LogP contribution is 2.17. The van der Waals surface area contributed by atoms with Crippen molar-refractivity contribution in [2.24, 2.45) is 0 Å². The van der Waals surface area contributed by atoms with Gasteiger partial charge in [-0.05, 0) is 12.8 Å². The molecule has 0 radical (unpaired) electrons. The van der Waals surface area contributed by atoms with Crippen molar-refractivity contribution in [2.45, 2.75) is 12.8 Å². The Balaban J connectivity index is 2.03. The van der Waals surface area contributed by atoms with Crippen LogP contribution >= 0.6 is 0 Å². The fourth-order valence-electron chi connectivity index (χ4n) is 1.82. The number of rotatable bonds is 5. The topological polar surface area (TPSA) is 97.0 Å². The highest BCUT2D eigenvalue weighted by molar-refractivity contribution is 7.84. The number of hydrogen-bond donors (Lipinski definition) is 2. The van der Waals surface area contributed by atoms with Gasteiger partial charge in [0.1, 0.15) is 0 Å². The van der Waals surface area contributed by atoms with Crippen molar-refractivity contribution >= 4 is 28.6 Å². The predicted octanol–water partition coefficient (Wildman–Crippen LogP) is -0.156. The third kappa shape index (κ3) is 3.52. The molecular weight excluding hydrogens is 252 g/mol. The van der Waals surface area contributed by atoms with E-state index < -0.39 is 10.8 Å². The number of hydrogen-bond acceptors (Lipinski definition) is 7. The average Bonchev–Trinajstić information content (AvgIpc) is 2.81. The summed E-state index contributed by atoms with van der Waals surface area (Å²) in [4.78, 5) is 14.6. The maximum Gasteiger partial charge on any atom is 0.231 e. The van der Waals surface area contributed by atoms with Gasteiger partial charge >= 0.3 is 0 Å². The molecule has 1 aromatic rings. The summed E-state index contributed by atoms with van der Waals surface area (Å²) < 4.78 is 11.0. The molecule has 1 fully saturated rings. The van der Waals surface area contributed by atoms with Crippen LogP contribution < -0.4 is 16.0 Å². The van der Waals surface area contributed by atoms with Crippen molar-refractivity contribution in [3.8, 4) is 0 Å². The molecule has 1 aromatic heterocycles. The molecule has 1 unspecified atom stereocenters. The van der Waals surface area contributed by atoms with Gasteiger partial charge in [-0.15, -0.1) is 0 Å². The SMILES string of the molecule is CS(=O)CCNc1nc(N)nc(N2CCCC2)n1. The summed E-state index contributed by atoms with van der Waals surface area (Å²) in [5, 5.41) is 3.02. The standard InChI is InChI=1S/C10H18N6OS/c1-18(17)7-4-12-9-13-8(11)14-10(15-9)16-5-2-3-6-16/h2-7H2,1H3,(H3,11,12,13,14,15). The third-order valence-electron chi connectivity index (χ3n) is 2.70. The van der Waals surface area contributed by atoms with Gasteiger partial charge in [-0.3, -0.25) is 4.21 Å². The quantitative estimate of drug-likeness (QED) is 0.767. The first-order valence-corrected chi connectivity index (χ1v) is 7.68. The first-order chi connectivity index (χ1) is 8.65. The van der Waals surface area contributed by atoms with Crippen molar-refractivity contribution in [3.05, 3.63) is 0 Å². The Hall–Kier alpha value is -1.44. The number of nitrogens with zero attached hydrogens (tertiary/aromatic N) is 4. The summed E-state index contributed by atoms with van der Waals surface area (Å²) in [5.74, 6) is 1.85. The van der Waals surface area contributed by atoms with Crippen LogP contribution in [-0.4, -0.2) is 50.8 Å². The van der Waals surface area contributed by atoms with Gasteiger partial charge in [0.05, 0.1) is 0 Å². The Bertz CT molecular complexity index is 434. The Kier molecular flexibility index (Phi) is 4.29. The van der Waals surface area contributed by atoms with E-state index in [-0.39, 0.29) is 5.95 Å². The molecule has 18 heavy (non-hydrogen) atoms. The second-order valence-electron chi connectivity index (χ2n) is 4.22. The van der Waals surface area contributed by atoms with E-state index in [1.165, 1.54) is 0 Å². The van der Waals surface area contributed by atoms with Gasteiger partial charge in [-0.2, -0.15) is 15.0 Å². The molecule has 7 nitrogen and oxygen atoms in total. The van der Waals surface area contributed by atoms with Crippen LogP contribution in [0.15, 0.2) is 0 Å². The molecule has 0 aromatic carbocycles. The van der Waals surface area contributed by atoms with Crippen LogP contribution in [-0.2, 0) is 10.8 Å². The highest BCUT2D eigenvalue weighted by Gasteiger charge is 2.16. The second kappa shape index (κ2) is 5.94. The second-order valence-corrected chi connectivity index (χ2v) is 5.77. The smallest absolute Gasteiger partial charge is 0.231 e. The number of nitrogens with two attached hydrogens (primary N) is 1. The van der Waals surface area contributed by atoms with Gasteiger partial charge in [0, 0.05) is 42.4 Å². The van der Waals surface area contributed by atoms with Crippen LogP contribution in [0, 0.1) is 0 Å². The molecule has 2 heterocycles. The summed E-state index contributed by atoms with van der Waals surface area (Å²) in [6.45, 7) is 2.48. The molecule has 0 bridgehead atoms. The minimum Gasteiger partial charge on any atom is -0.368 e. The molecule has 100 valence electrons. The highest BCUT2D eigenvalue weighted by atomic mass is 32.2. The van der Waals surface area contributed by atoms with Crippen molar-refractivity contribution in [1.29, 1.82) is 0 Å². The molecule has 8 heteroatoms. The normalized spacial score (nSPS) is 16.8. The fourth-order valence-corrected chi connectivity index (χ4v) is 2.21. The maximum absolute atomic E-state index is 11.0. The summed E-state index contributed by atoms with van der Waals surface area (Å²) in [6.07, 6.45) is 3.98. The van der Waals surface area contributed by atoms with Crippen LogP contribution in [0.2, 0.25) is 0 Å².